The number of likely N-dealkylation sites (tertiary alicyclic amines) is 2. The van der Waals surface area contributed by atoms with Crippen LogP contribution in [0.5, 0.6) is 0 Å². The first-order valence-electron chi connectivity index (χ1n) is 16.7. The van der Waals surface area contributed by atoms with E-state index in [0.717, 1.165) is 25.7 Å². The predicted molar refractivity (Wildman–Crippen MR) is 165 cm³/mol. The van der Waals surface area contributed by atoms with Gasteiger partial charge in [-0.15, -0.1) is 0 Å². The Morgan fingerprint density at radius 1 is 0.705 bits per heavy atom. The summed E-state index contributed by atoms with van der Waals surface area (Å²) in [5.74, 6) is -0.678. The zero-order chi connectivity index (χ0) is 32.7. The Morgan fingerprint density at radius 3 is 1.75 bits per heavy atom. The lowest BCUT2D eigenvalue weighted by Crippen LogP contribution is -2.56. The van der Waals surface area contributed by atoms with Crippen molar-refractivity contribution in [3.8, 4) is 0 Å². The van der Waals surface area contributed by atoms with Crippen LogP contribution in [0.4, 0.5) is 9.59 Å². The monoisotopic (exact) mass is 620 g/mol. The molecule has 6 atom stereocenters. The van der Waals surface area contributed by atoms with Crippen LogP contribution in [0.1, 0.15) is 120 Å². The Morgan fingerprint density at radius 2 is 1.23 bits per heavy atom. The Kier molecular flexibility index (Phi) is 9.92. The molecule has 10 nitrogen and oxygen atoms in total. The van der Waals surface area contributed by atoms with E-state index in [0.29, 0.717) is 51.1 Å². The molecule has 0 spiro atoms. The number of ether oxygens (including phenoxy) is 4. The maximum Gasteiger partial charge on any atom is 0.411 e. The molecule has 0 unspecified atom stereocenters. The van der Waals surface area contributed by atoms with Gasteiger partial charge in [-0.1, -0.05) is 27.2 Å². The standard InChI is InChI=1S/C34H56N2O8/c1-31(2,3)43-29(39)35-19-10-13-23(35)27(37)41-21-22-25(15-16-26-33(7,8)17-12-18-34(22,26)9)42-28(38)24-14-11-20-36(24)30(40)44-32(4,5)6/h22-26H,10-21H2,1-9H3/t22-,23-,24-,25-,26-,34+/m0/s1. The van der Waals surface area contributed by atoms with Crippen molar-refractivity contribution in [3.05, 3.63) is 0 Å². The largest absolute Gasteiger partial charge is 0.464 e. The summed E-state index contributed by atoms with van der Waals surface area (Å²) >= 11 is 0. The number of amides is 2. The van der Waals surface area contributed by atoms with Crippen LogP contribution in [0.2, 0.25) is 0 Å². The zero-order valence-corrected chi connectivity index (χ0v) is 28.5. The van der Waals surface area contributed by atoms with Crippen molar-refractivity contribution in [1.29, 1.82) is 0 Å². The number of hydrogen-bond acceptors (Lipinski definition) is 8. The van der Waals surface area contributed by atoms with Gasteiger partial charge in [-0.05, 0) is 110 Å². The van der Waals surface area contributed by atoms with E-state index in [1.54, 1.807) is 20.8 Å². The molecule has 0 aromatic carbocycles. The summed E-state index contributed by atoms with van der Waals surface area (Å²) in [6.07, 6.45) is 5.73. The molecule has 2 aliphatic carbocycles. The highest BCUT2D eigenvalue weighted by Crippen LogP contribution is 2.60. The number of esters is 2. The van der Waals surface area contributed by atoms with Crippen LogP contribution in [0, 0.1) is 22.7 Å². The lowest BCUT2D eigenvalue weighted by molar-refractivity contribution is -0.185. The van der Waals surface area contributed by atoms with Crippen molar-refractivity contribution in [1.82, 2.24) is 9.80 Å². The van der Waals surface area contributed by atoms with Gasteiger partial charge in [0.15, 0.2) is 0 Å². The molecule has 44 heavy (non-hydrogen) atoms. The predicted octanol–water partition coefficient (Wildman–Crippen LogP) is 6.48. The highest BCUT2D eigenvalue weighted by atomic mass is 16.6. The fraction of sp³-hybridized carbons (Fsp3) is 0.882. The quantitative estimate of drug-likeness (QED) is 0.254. The van der Waals surface area contributed by atoms with E-state index < -0.39 is 53.5 Å². The SMILES string of the molecule is CC(C)(C)OC(=O)N1CCC[C@H]1C(=O)OC[C@H]1[C@@H](OC(=O)[C@@H]2CCCN2C(=O)OC(C)(C)C)CC[C@H]2C(C)(C)CCC[C@]12C. The first-order valence-corrected chi connectivity index (χ1v) is 16.7. The lowest BCUT2D eigenvalue weighted by atomic mass is 9.48. The lowest BCUT2D eigenvalue weighted by Gasteiger charge is -2.58. The van der Waals surface area contributed by atoms with E-state index >= 15 is 0 Å². The van der Waals surface area contributed by atoms with E-state index in [-0.39, 0.29) is 23.4 Å². The highest BCUT2D eigenvalue weighted by Gasteiger charge is 2.56. The molecule has 0 aromatic heterocycles. The molecule has 4 fully saturated rings. The van der Waals surface area contributed by atoms with Crippen molar-refractivity contribution in [2.75, 3.05) is 19.7 Å². The van der Waals surface area contributed by atoms with E-state index in [4.69, 9.17) is 18.9 Å². The molecule has 2 aliphatic heterocycles. The summed E-state index contributed by atoms with van der Waals surface area (Å²) in [5, 5.41) is 0. The Balaban J connectivity index is 1.51. The number of nitrogens with zero attached hydrogens (tertiary/aromatic N) is 2. The molecule has 0 bridgehead atoms. The molecule has 250 valence electrons. The third-order valence-corrected chi connectivity index (χ3v) is 10.3. The molecule has 10 heteroatoms. The smallest absolute Gasteiger partial charge is 0.411 e. The van der Waals surface area contributed by atoms with Gasteiger partial charge in [0.25, 0.3) is 0 Å². The van der Waals surface area contributed by atoms with E-state index in [1.807, 2.05) is 20.8 Å². The topological polar surface area (TPSA) is 112 Å². The Labute approximate surface area is 263 Å². The molecule has 0 aromatic rings. The molecule has 4 rings (SSSR count). The van der Waals surface area contributed by atoms with Gasteiger partial charge in [0.2, 0.25) is 0 Å². The molecule has 0 N–H and O–H groups in total. The van der Waals surface area contributed by atoms with Crippen molar-refractivity contribution in [2.24, 2.45) is 22.7 Å². The van der Waals surface area contributed by atoms with Crippen LogP contribution < -0.4 is 0 Å². The van der Waals surface area contributed by atoms with Gasteiger partial charge in [-0.3, -0.25) is 9.80 Å². The molecular weight excluding hydrogens is 564 g/mol. The Hall–Kier alpha value is -2.52. The summed E-state index contributed by atoms with van der Waals surface area (Å²) < 4.78 is 23.5. The van der Waals surface area contributed by atoms with Gasteiger partial charge in [-0.2, -0.15) is 0 Å². The first-order chi connectivity index (χ1) is 20.3. The van der Waals surface area contributed by atoms with Crippen molar-refractivity contribution < 1.29 is 38.1 Å². The number of rotatable bonds is 5. The third-order valence-electron chi connectivity index (χ3n) is 10.3. The maximum atomic E-state index is 13.7. The van der Waals surface area contributed by atoms with Gasteiger partial charge in [-0.25, -0.2) is 19.2 Å². The van der Waals surface area contributed by atoms with Crippen LogP contribution >= 0.6 is 0 Å². The second kappa shape index (κ2) is 12.7. The molecule has 4 aliphatic rings. The van der Waals surface area contributed by atoms with Gasteiger partial charge < -0.3 is 18.9 Å². The minimum atomic E-state index is -0.693. The van der Waals surface area contributed by atoms with Crippen molar-refractivity contribution >= 4 is 24.1 Å². The van der Waals surface area contributed by atoms with Crippen LogP contribution in [-0.4, -0.2) is 83.0 Å². The van der Waals surface area contributed by atoms with E-state index in [2.05, 4.69) is 20.8 Å². The van der Waals surface area contributed by atoms with Crippen LogP contribution in [0.15, 0.2) is 0 Å². The van der Waals surface area contributed by atoms with Crippen molar-refractivity contribution in [3.63, 3.8) is 0 Å². The normalized spacial score (nSPS) is 32.1. The van der Waals surface area contributed by atoms with E-state index in [9.17, 15) is 19.2 Å². The van der Waals surface area contributed by atoms with Crippen LogP contribution in [0.25, 0.3) is 0 Å². The molecule has 0 radical (unpaired) electrons. The van der Waals surface area contributed by atoms with Crippen molar-refractivity contribution in [2.45, 2.75) is 149 Å². The zero-order valence-electron chi connectivity index (χ0n) is 28.5. The maximum absolute atomic E-state index is 13.7. The van der Waals surface area contributed by atoms with Crippen LogP contribution in [-0.2, 0) is 28.5 Å². The fourth-order valence-corrected chi connectivity index (χ4v) is 8.32. The molecule has 2 saturated carbocycles. The molecule has 2 saturated heterocycles. The third kappa shape index (κ3) is 7.64. The first kappa shape index (κ1) is 34.4. The second-order valence-electron chi connectivity index (χ2n) is 16.4. The Bertz CT molecular complexity index is 1090. The van der Waals surface area contributed by atoms with Gasteiger partial charge in [0.05, 0.1) is 6.61 Å². The minimum absolute atomic E-state index is 0.110. The summed E-state index contributed by atoms with van der Waals surface area (Å²) in [6, 6.07) is -1.39. The highest BCUT2D eigenvalue weighted by molar-refractivity contribution is 5.83. The number of hydrogen-bond donors (Lipinski definition) is 0. The summed E-state index contributed by atoms with van der Waals surface area (Å²) in [6.45, 7) is 18.8. The number of carbonyl (C=O) groups is 4. The minimum Gasteiger partial charge on any atom is -0.464 e. The van der Waals surface area contributed by atoms with Gasteiger partial charge >= 0.3 is 24.1 Å². The second-order valence-corrected chi connectivity index (χ2v) is 16.4. The summed E-state index contributed by atoms with van der Waals surface area (Å²) in [5.41, 5.74) is -1.42. The molecular formula is C34H56N2O8. The average molecular weight is 621 g/mol. The van der Waals surface area contributed by atoms with Crippen LogP contribution in [0.3, 0.4) is 0 Å². The summed E-state index contributed by atoms with van der Waals surface area (Å²) in [4.78, 5) is 55.9. The molecule has 2 amide bonds. The number of fused-ring (bicyclic) bond motifs is 1. The van der Waals surface area contributed by atoms with E-state index in [1.165, 1.54) is 9.80 Å². The fourth-order valence-electron chi connectivity index (χ4n) is 8.32. The number of carbonyl (C=O) groups excluding carboxylic acids is 4. The summed E-state index contributed by atoms with van der Waals surface area (Å²) in [7, 11) is 0. The molecule has 2 heterocycles. The van der Waals surface area contributed by atoms with Gasteiger partial charge in [0.1, 0.15) is 29.4 Å². The average Bonchev–Trinajstić information content (AvgIpc) is 3.56. The van der Waals surface area contributed by atoms with Gasteiger partial charge in [0, 0.05) is 19.0 Å².